The average Bonchev–Trinajstić information content (AvgIpc) is 3.60. The van der Waals surface area contributed by atoms with Gasteiger partial charge in [-0.3, -0.25) is 0 Å². The van der Waals surface area contributed by atoms with Crippen molar-refractivity contribution in [2.24, 2.45) is 5.92 Å². The van der Waals surface area contributed by atoms with Crippen LogP contribution in [0.5, 0.6) is 0 Å². The maximum atomic E-state index is 2.57. The van der Waals surface area contributed by atoms with E-state index >= 15 is 0 Å². The number of nitrogens with zero attached hydrogens (tertiary/aromatic N) is 2. The Hall–Kier alpha value is -7.16. The van der Waals surface area contributed by atoms with Crippen molar-refractivity contribution >= 4 is 88.0 Å². The number of fused-ring (bicyclic) bond motifs is 9. The monoisotopic (exact) mass is 728 g/mol. The van der Waals surface area contributed by atoms with E-state index in [2.05, 4.69) is 223 Å². The molecule has 11 rings (SSSR count). The highest BCUT2D eigenvalue weighted by molar-refractivity contribution is 6.26. The molecule has 1 aliphatic carbocycles. The smallest absolute Gasteiger partial charge is 0.0559 e. The second-order valence-electron chi connectivity index (χ2n) is 15.4. The Labute approximate surface area is 332 Å². The summed E-state index contributed by atoms with van der Waals surface area (Å²) in [6, 6.07) is 73.3. The van der Waals surface area contributed by atoms with Crippen LogP contribution in [0.3, 0.4) is 0 Å². The minimum Gasteiger partial charge on any atom is -0.312 e. The molecule has 1 aromatic heterocycles. The SMILES string of the molecule is CC1CC(c2ccccc2)=CC(c2ccccc2)=C1n1c2ccccc2c2ccc(N(c3ccccc3)c3ccc4c5ccccc5c5ccccc5c4c3)cc21. The molecule has 0 amide bonds. The number of hydrogen-bond acceptors (Lipinski definition) is 1. The topological polar surface area (TPSA) is 8.17 Å². The number of aromatic nitrogens is 1. The van der Waals surface area contributed by atoms with Gasteiger partial charge in [0.25, 0.3) is 0 Å². The Morgan fingerprint density at radius 1 is 0.404 bits per heavy atom. The van der Waals surface area contributed by atoms with Crippen molar-refractivity contribution in [2.75, 3.05) is 4.90 Å². The molecule has 0 saturated heterocycles. The molecule has 0 bridgehead atoms. The minimum atomic E-state index is 0.261. The standard InChI is InChI=1S/C55H40N2/c1-37-33-40(38-17-5-2-6-18-38)34-51(39-19-7-3-8-20-39)55(37)57-53-28-16-15-27-49(53)50-32-30-43(36-54(50)57)56(41-21-9-4-10-22-41)42-29-31-48-46-25-12-11-23-44(46)45-24-13-14-26-47(45)52(48)35-42/h2-32,34-37H,33H2,1H3. The third-order valence-corrected chi connectivity index (χ3v) is 12.0. The third kappa shape index (κ3) is 5.48. The van der Waals surface area contributed by atoms with Gasteiger partial charge in [-0.2, -0.15) is 0 Å². The molecule has 0 aliphatic heterocycles. The van der Waals surface area contributed by atoms with Gasteiger partial charge in [-0.25, -0.2) is 0 Å². The van der Waals surface area contributed by atoms with E-state index < -0.39 is 0 Å². The van der Waals surface area contributed by atoms with Gasteiger partial charge in [-0.15, -0.1) is 0 Å². The van der Waals surface area contributed by atoms with Gasteiger partial charge in [-0.05, 0) is 104 Å². The maximum absolute atomic E-state index is 2.57. The van der Waals surface area contributed by atoms with Gasteiger partial charge in [0.2, 0.25) is 0 Å². The van der Waals surface area contributed by atoms with Crippen molar-refractivity contribution in [1.29, 1.82) is 0 Å². The summed E-state index contributed by atoms with van der Waals surface area (Å²) in [6.45, 7) is 2.40. The molecular weight excluding hydrogens is 689 g/mol. The van der Waals surface area contributed by atoms with Gasteiger partial charge in [0.05, 0.1) is 11.0 Å². The van der Waals surface area contributed by atoms with Crippen molar-refractivity contribution in [1.82, 2.24) is 4.57 Å². The first-order valence-electron chi connectivity index (χ1n) is 20.0. The molecule has 10 aromatic rings. The van der Waals surface area contributed by atoms with Crippen molar-refractivity contribution in [2.45, 2.75) is 13.3 Å². The van der Waals surface area contributed by atoms with Gasteiger partial charge in [-0.1, -0.05) is 165 Å². The molecular formula is C55H40N2. The van der Waals surface area contributed by atoms with Crippen LogP contribution in [0, 0.1) is 5.92 Å². The van der Waals surface area contributed by atoms with Crippen LogP contribution >= 0.6 is 0 Å². The highest BCUT2D eigenvalue weighted by Crippen LogP contribution is 2.47. The van der Waals surface area contributed by atoms with E-state index in [1.54, 1.807) is 0 Å². The summed E-state index contributed by atoms with van der Waals surface area (Å²) in [5.41, 5.74) is 12.3. The molecule has 270 valence electrons. The summed E-state index contributed by atoms with van der Waals surface area (Å²) in [5, 5.41) is 10.2. The summed E-state index contributed by atoms with van der Waals surface area (Å²) in [4.78, 5) is 2.43. The highest BCUT2D eigenvalue weighted by Gasteiger charge is 2.27. The Balaban J connectivity index is 1.18. The van der Waals surface area contributed by atoms with Gasteiger partial charge in [0, 0.05) is 45.0 Å². The van der Waals surface area contributed by atoms with Crippen molar-refractivity contribution < 1.29 is 0 Å². The Morgan fingerprint density at radius 3 is 1.53 bits per heavy atom. The van der Waals surface area contributed by atoms with Crippen molar-refractivity contribution in [3.8, 4) is 0 Å². The van der Waals surface area contributed by atoms with E-state index in [4.69, 9.17) is 0 Å². The molecule has 1 atom stereocenters. The summed E-state index contributed by atoms with van der Waals surface area (Å²) in [7, 11) is 0. The van der Waals surface area contributed by atoms with Crippen LogP contribution in [-0.4, -0.2) is 4.57 Å². The minimum absolute atomic E-state index is 0.261. The van der Waals surface area contributed by atoms with E-state index in [0.29, 0.717) is 0 Å². The molecule has 0 fully saturated rings. The summed E-state index contributed by atoms with van der Waals surface area (Å²) >= 11 is 0. The van der Waals surface area contributed by atoms with Crippen LogP contribution in [0.15, 0.2) is 206 Å². The maximum Gasteiger partial charge on any atom is 0.0559 e. The molecule has 0 saturated carbocycles. The zero-order valence-corrected chi connectivity index (χ0v) is 31.8. The van der Waals surface area contributed by atoms with Gasteiger partial charge in [0.15, 0.2) is 0 Å². The second-order valence-corrected chi connectivity index (χ2v) is 15.4. The first kappa shape index (κ1) is 33.2. The van der Waals surface area contributed by atoms with E-state index in [0.717, 1.165) is 23.5 Å². The molecule has 1 unspecified atom stereocenters. The zero-order valence-electron chi connectivity index (χ0n) is 31.8. The molecule has 0 spiro atoms. The lowest BCUT2D eigenvalue weighted by molar-refractivity contribution is 0.738. The van der Waals surface area contributed by atoms with E-state index in [1.165, 1.54) is 82.1 Å². The van der Waals surface area contributed by atoms with Crippen LogP contribution in [0.1, 0.15) is 24.5 Å². The first-order valence-corrected chi connectivity index (χ1v) is 20.0. The van der Waals surface area contributed by atoms with E-state index in [9.17, 15) is 0 Å². The number of benzene rings is 9. The predicted octanol–water partition coefficient (Wildman–Crippen LogP) is 15.2. The van der Waals surface area contributed by atoms with Crippen LogP contribution in [0.4, 0.5) is 17.1 Å². The van der Waals surface area contributed by atoms with Crippen molar-refractivity contribution in [3.63, 3.8) is 0 Å². The van der Waals surface area contributed by atoms with Gasteiger partial charge < -0.3 is 9.47 Å². The fourth-order valence-corrected chi connectivity index (χ4v) is 9.46. The molecule has 0 radical (unpaired) electrons. The number of para-hydroxylation sites is 2. The predicted molar refractivity (Wildman–Crippen MR) is 244 cm³/mol. The fraction of sp³-hybridized carbons (Fsp3) is 0.0545. The zero-order chi connectivity index (χ0) is 37.9. The largest absolute Gasteiger partial charge is 0.312 e. The third-order valence-electron chi connectivity index (χ3n) is 12.0. The number of hydrogen-bond donors (Lipinski definition) is 0. The summed E-state index contributed by atoms with van der Waals surface area (Å²) < 4.78 is 2.57. The quantitative estimate of drug-likeness (QED) is 0.155. The van der Waals surface area contributed by atoms with Crippen LogP contribution in [0.25, 0.3) is 71.0 Å². The molecule has 2 nitrogen and oxygen atoms in total. The van der Waals surface area contributed by atoms with Gasteiger partial charge in [0.1, 0.15) is 0 Å². The number of allylic oxidation sites excluding steroid dienone is 4. The Bertz CT molecular complexity index is 3170. The number of anilines is 3. The lowest BCUT2D eigenvalue weighted by atomic mass is 9.82. The lowest BCUT2D eigenvalue weighted by Crippen LogP contribution is -2.14. The van der Waals surface area contributed by atoms with E-state index in [-0.39, 0.29) is 5.92 Å². The summed E-state index contributed by atoms with van der Waals surface area (Å²) in [5.74, 6) is 0.261. The normalized spacial score (nSPS) is 14.5. The van der Waals surface area contributed by atoms with Crippen LogP contribution < -0.4 is 4.90 Å². The molecule has 0 N–H and O–H groups in total. The van der Waals surface area contributed by atoms with Crippen LogP contribution in [-0.2, 0) is 0 Å². The van der Waals surface area contributed by atoms with Gasteiger partial charge >= 0.3 is 0 Å². The molecule has 9 aromatic carbocycles. The Kier molecular flexibility index (Phi) is 7.89. The van der Waals surface area contributed by atoms with Crippen LogP contribution in [0.2, 0.25) is 0 Å². The average molecular weight is 729 g/mol. The second kappa shape index (κ2) is 13.5. The number of rotatable bonds is 6. The fourth-order valence-electron chi connectivity index (χ4n) is 9.46. The molecule has 2 heteroatoms. The Morgan fingerprint density at radius 2 is 0.877 bits per heavy atom. The summed E-state index contributed by atoms with van der Waals surface area (Å²) in [6.07, 6.45) is 3.41. The molecule has 1 heterocycles. The first-order chi connectivity index (χ1) is 28.2. The van der Waals surface area contributed by atoms with E-state index in [1.807, 2.05) is 0 Å². The lowest BCUT2D eigenvalue weighted by Gasteiger charge is -2.29. The molecule has 57 heavy (non-hydrogen) atoms. The van der Waals surface area contributed by atoms with Crippen molar-refractivity contribution in [3.05, 3.63) is 217 Å². The molecule has 1 aliphatic rings. The highest BCUT2D eigenvalue weighted by atomic mass is 15.1.